The van der Waals surface area contributed by atoms with E-state index < -0.39 is 0 Å². The summed E-state index contributed by atoms with van der Waals surface area (Å²) in [4.78, 5) is 15.0. The highest BCUT2D eigenvalue weighted by atomic mass is 32.1. The van der Waals surface area contributed by atoms with Crippen LogP contribution in [0, 0.1) is 0 Å². The summed E-state index contributed by atoms with van der Waals surface area (Å²) in [6.07, 6.45) is 5.03. The molecule has 2 N–H and O–H groups in total. The molecule has 7 heteroatoms. The second kappa shape index (κ2) is 8.26. The first-order chi connectivity index (χ1) is 12.6. The summed E-state index contributed by atoms with van der Waals surface area (Å²) in [6, 6.07) is 13.3. The van der Waals surface area contributed by atoms with Crippen LogP contribution in [0.3, 0.4) is 0 Å². The molecule has 132 valence electrons. The molecule has 3 aromatic rings. The first kappa shape index (κ1) is 17.6. The minimum Gasteiger partial charge on any atom is -0.376 e. The van der Waals surface area contributed by atoms with Crippen LogP contribution in [0.4, 0.5) is 22.9 Å². The lowest BCUT2D eigenvalue weighted by molar-refractivity contribution is -0.111. The van der Waals surface area contributed by atoms with Crippen LogP contribution in [0.2, 0.25) is 0 Å². The van der Waals surface area contributed by atoms with Crippen LogP contribution in [0.1, 0.15) is 4.88 Å². The van der Waals surface area contributed by atoms with E-state index in [0.29, 0.717) is 5.82 Å². The van der Waals surface area contributed by atoms with Crippen molar-refractivity contribution in [1.82, 2.24) is 10.2 Å². The second-order valence-electron chi connectivity index (χ2n) is 5.73. The third-order valence-electron chi connectivity index (χ3n) is 3.52. The zero-order valence-electron chi connectivity index (χ0n) is 14.5. The number of carbonyl (C=O) groups is 1. The largest absolute Gasteiger partial charge is 0.376 e. The van der Waals surface area contributed by atoms with Crippen molar-refractivity contribution >= 4 is 46.2 Å². The second-order valence-corrected chi connectivity index (χ2v) is 6.71. The molecule has 3 rings (SSSR count). The number of nitrogens with zero attached hydrogens (tertiary/aromatic N) is 3. The van der Waals surface area contributed by atoms with Crippen LogP contribution in [-0.4, -0.2) is 30.2 Å². The first-order valence-corrected chi connectivity index (χ1v) is 8.88. The van der Waals surface area contributed by atoms with Crippen LogP contribution < -0.4 is 15.5 Å². The molecule has 0 saturated heterocycles. The van der Waals surface area contributed by atoms with E-state index in [4.69, 9.17) is 0 Å². The molecule has 0 radical (unpaired) electrons. The van der Waals surface area contributed by atoms with E-state index >= 15 is 0 Å². The Morgan fingerprint density at radius 3 is 2.62 bits per heavy atom. The molecule has 0 spiro atoms. The molecule has 0 saturated carbocycles. The number of hydrogen-bond donors (Lipinski definition) is 2. The molecule has 0 unspecified atom stereocenters. The average Bonchev–Trinajstić information content (AvgIpc) is 3.15. The van der Waals surface area contributed by atoms with Gasteiger partial charge in [-0.25, -0.2) is 0 Å². The van der Waals surface area contributed by atoms with Gasteiger partial charge in [0.2, 0.25) is 5.91 Å². The van der Waals surface area contributed by atoms with Crippen molar-refractivity contribution in [2.24, 2.45) is 0 Å². The third kappa shape index (κ3) is 4.90. The Hall–Kier alpha value is -3.19. The highest BCUT2D eigenvalue weighted by Crippen LogP contribution is 2.20. The number of nitrogens with one attached hydrogen (secondary N) is 2. The van der Waals surface area contributed by atoms with E-state index in [0.717, 1.165) is 21.9 Å². The molecule has 1 amide bonds. The van der Waals surface area contributed by atoms with Crippen LogP contribution >= 0.6 is 11.3 Å². The number of benzene rings is 1. The van der Waals surface area contributed by atoms with Gasteiger partial charge in [0, 0.05) is 42.5 Å². The Morgan fingerprint density at radius 2 is 1.92 bits per heavy atom. The minimum absolute atomic E-state index is 0.163. The van der Waals surface area contributed by atoms with E-state index in [1.165, 1.54) is 6.08 Å². The number of aromatic nitrogens is 2. The molecule has 0 fully saturated rings. The quantitative estimate of drug-likeness (QED) is 0.646. The van der Waals surface area contributed by atoms with Gasteiger partial charge in [-0.2, -0.15) is 5.10 Å². The van der Waals surface area contributed by atoms with Crippen molar-refractivity contribution in [1.29, 1.82) is 0 Å². The molecule has 2 aromatic heterocycles. The normalized spacial score (nSPS) is 10.7. The molecule has 0 aliphatic carbocycles. The standard InChI is InChI=1S/C19H19N5OS/c1-24(2)16-12-18(23-20-13-16)21-14-5-7-15(8-6-14)22-19(25)10-9-17-4-3-11-26-17/h3-13H,1-2H3,(H,21,23)(H,22,25)/b10-9+. The molecule has 0 aliphatic heterocycles. The van der Waals surface area contributed by atoms with Gasteiger partial charge in [0.25, 0.3) is 0 Å². The summed E-state index contributed by atoms with van der Waals surface area (Å²) in [7, 11) is 3.90. The maximum atomic E-state index is 12.0. The molecule has 0 bridgehead atoms. The van der Waals surface area contributed by atoms with E-state index in [2.05, 4.69) is 20.8 Å². The van der Waals surface area contributed by atoms with Gasteiger partial charge in [0.05, 0.1) is 11.9 Å². The SMILES string of the molecule is CN(C)c1cnnc(Nc2ccc(NC(=O)/C=C/c3cccs3)cc2)c1. The molecule has 6 nitrogen and oxygen atoms in total. The van der Waals surface area contributed by atoms with E-state index in [9.17, 15) is 4.79 Å². The number of rotatable bonds is 6. The molecule has 0 aliphatic rings. The number of thiophene rings is 1. The van der Waals surface area contributed by atoms with Crippen molar-refractivity contribution in [3.05, 3.63) is 65.0 Å². The summed E-state index contributed by atoms with van der Waals surface area (Å²) in [6.45, 7) is 0. The summed E-state index contributed by atoms with van der Waals surface area (Å²) in [5, 5.41) is 16.1. The molecule has 2 heterocycles. The summed E-state index contributed by atoms with van der Waals surface area (Å²) >= 11 is 1.59. The highest BCUT2D eigenvalue weighted by Gasteiger charge is 2.02. The third-order valence-corrected chi connectivity index (χ3v) is 4.36. The van der Waals surface area contributed by atoms with E-state index in [1.807, 2.05) is 66.8 Å². The van der Waals surface area contributed by atoms with Crippen LogP contribution in [0.5, 0.6) is 0 Å². The average molecular weight is 365 g/mol. The van der Waals surface area contributed by atoms with Gasteiger partial charge in [-0.3, -0.25) is 4.79 Å². The van der Waals surface area contributed by atoms with Crippen LogP contribution in [0.15, 0.2) is 60.1 Å². The molecular formula is C19H19N5OS. The van der Waals surface area contributed by atoms with Gasteiger partial charge in [-0.05, 0) is 41.8 Å². The lowest BCUT2D eigenvalue weighted by atomic mass is 10.2. The molecule has 0 atom stereocenters. The van der Waals surface area contributed by atoms with E-state index in [1.54, 1.807) is 23.6 Å². The van der Waals surface area contributed by atoms with Crippen molar-refractivity contribution in [2.75, 3.05) is 29.6 Å². The fourth-order valence-corrected chi connectivity index (χ4v) is 2.79. The maximum absolute atomic E-state index is 12.0. The van der Waals surface area contributed by atoms with Crippen LogP contribution in [0.25, 0.3) is 6.08 Å². The Labute approximate surface area is 156 Å². The van der Waals surface area contributed by atoms with Gasteiger partial charge >= 0.3 is 0 Å². The fraction of sp³-hybridized carbons (Fsp3) is 0.105. The minimum atomic E-state index is -0.163. The Morgan fingerprint density at radius 1 is 1.15 bits per heavy atom. The Kier molecular flexibility index (Phi) is 5.60. The zero-order chi connectivity index (χ0) is 18.4. The van der Waals surface area contributed by atoms with E-state index in [-0.39, 0.29) is 5.91 Å². The highest BCUT2D eigenvalue weighted by molar-refractivity contribution is 7.10. The summed E-state index contributed by atoms with van der Waals surface area (Å²) in [5.74, 6) is 0.496. The van der Waals surface area contributed by atoms with Gasteiger partial charge in [0.15, 0.2) is 5.82 Å². The predicted molar refractivity (Wildman–Crippen MR) is 108 cm³/mol. The Bertz CT molecular complexity index is 889. The van der Waals surface area contributed by atoms with Crippen molar-refractivity contribution in [3.8, 4) is 0 Å². The van der Waals surface area contributed by atoms with Crippen LogP contribution in [-0.2, 0) is 4.79 Å². The molecule has 1 aromatic carbocycles. The fourth-order valence-electron chi connectivity index (χ4n) is 2.17. The number of amides is 1. The lowest BCUT2D eigenvalue weighted by Gasteiger charge is -2.13. The maximum Gasteiger partial charge on any atom is 0.248 e. The molecule has 26 heavy (non-hydrogen) atoms. The van der Waals surface area contributed by atoms with Gasteiger partial charge in [-0.15, -0.1) is 16.4 Å². The van der Waals surface area contributed by atoms with Crippen molar-refractivity contribution in [2.45, 2.75) is 0 Å². The number of hydrogen-bond acceptors (Lipinski definition) is 6. The zero-order valence-corrected chi connectivity index (χ0v) is 15.3. The summed E-state index contributed by atoms with van der Waals surface area (Å²) in [5.41, 5.74) is 2.55. The number of carbonyl (C=O) groups excluding carboxylic acids is 1. The van der Waals surface area contributed by atoms with Crippen molar-refractivity contribution in [3.63, 3.8) is 0 Å². The topological polar surface area (TPSA) is 70.2 Å². The molecular weight excluding hydrogens is 346 g/mol. The van der Waals surface area contributed by atoms with Crippen molar-refractivity contribution < 1.29 is 4.79 Å². The van der Waals surface area contributed by atoms with Gasteiger partial charge < -0.3 is 15.5 Å². The lowest BCUT2D eigenvalue weighted by Crippen LogP contribution is -2.10. The van der Waals surface area contributed by atoms with Gasteiger partial charge in [0.1, 0.15) is 0 Å². The smallest absolute Gasteiger partial charge is 0.248 e. The van der Waals surface area contributed by atoms with Gasteiger partial charge in [-0.1, -0.05) is 6.07 Å². The summed E-state index contributed by atoms with van der Waals surface area (Å²) < 4.78 is 0. The number of anilines is 4. The first-order valence-electron chi connectivity index (χ1n) is 8.00. The Balaban J connectivity index is 1.59. The monoisotopic (exact) mass is 365 g/mol. The predicted octanol–water partition coefficient (Wildman–Crippen LogP) is 4.00.